The van der Waals surface area contributed by atoms with Crippen molar-refractivity contribution >= 4 is 18.4 Å². The van der Waals surface area contributed by atoms with Gasteiger partial charge in [-0.1, -0.05) is 13.8 Å². The van der Waals surface area contributed by atoms with Crippen LogP contribution in [0.5, 0.6) is 6.01 Å². The maximum Gasteiger partial charge on any atom is 0.316 e. The van der Waals surface area contributed by atoms with Crippen LogP contribution in [0, 0.1) is 17.2 Å². The zero-order chi connectivity index (χ0) is 21.6. The van der Waals surface area contributed by atoms with Crippen molar-refractivity contribution in [2.45, 2.75) is 52.5 Å². The molecule has 0 spiro atoms. The zero-order valence-electron chi connectivity index (χ0n) is 18.9. The van der Waals surface area contributed by atoms with Crippen LogP contribution in [0.25, 0.3) is 0 Å². The molecular weight excluding hydrogens is 476 g/mol. The summed E-state index contributed by atoms with van der Waals surface area (Å²) in [6.45, 7) is 10.1. The van der Waals surface area contributed by atoms with Crippen LogP contribution in [0.15, 0.2) is 0 Å². The van der Waals surface area contributed by atoms with E-state index >= 15 is 0 Å². The average Bonchev–Trinajstić information content (AvgIpc) is 3.28. The van der Waals surface area contributed by atoms with E-state index < -0.39 is 0 Å². The molecule has 1 unspecified atom stereocenters. The van der Waals surface area contributed by atoms with Gasteiger partial charge in [-0.25, -0.2) is 0 Å². The van der Waals surface area contributed by atoms with Crippen LogP contribution in [-0.2, 0) is 51.8 Å². The van der Waals surface area contributed by atoms with Gasteiger partial charge in [0.1, 0.15) is 5.82 Å². The summed E-state index contributed by atoms with van der Waals surface area (Å²) in [6.07, 6.45) is 6.79. The minimum absolute atomic E-state index is 0. The van der Waals surface area contributed by atoms with E-state index in [0.717, 1.165) is 56.1 Å². The molecule has 1 aromatic rings. The molecule has 1 saturated heterocycles. The monoisotopic (exact) mass is 511 g/mol. The van der Waals surface area contributed by atoms with Gasteiger partial charge in [0.05, 0.1) is 11.8 Å². The van der Waals surface area contributed by atoms with Crippen LogP contribution in [0.1, 0.15) is 50.8 Å². The first kappa shape index (κ1) is 29.3. The van der Waals surface area contributed by atoms with Crippen molar-refractivity contribution in [1.82, 2.24) is 20.2 Å². The van der Waals surface area contributed by atoms with Gasteiger partial charge in [-0.2, -0.15) is 21.5 Å². The largest absolute Gasteiger partial charge is 0.796 e. The summed E-state index contributed by atoms with van der Waals surface area (Å²) in [5.41, 5.74) is 2.07. The first-order chi connectivity index (χ1) is 14.0. The standard InChI is InChI=1S/C16H25N5O.C4H9N.CH4S.Zr/c1-4-8-21(10-12(2)5-7-17)15-13-6-9-20(3)11-14(13)18-16(22)19-15;1-2-4-5-3-1;1-2;/h12H,4-6,8-11H2,1-3H3,(H,18,19,22);5H,1-4H2;2H,1H3;/p-1. The van der Waals surface area contributed by atoms with E-state index in [1.54, 1.807) is 6.26 Å². The number of hydrogen-bond acceptors (Lipinski definition) is 8. The molecule has 30 heavy (non-hydrogen) atoms. The summed E-state index contributed by atoms with van der Waals surface area (Å²) in [6, 6.07) is 2.08. The third-order valence-electron chi connectivity index (χ3n) is 4.94. The molecule has 3 rings (SSSR count). The molecule has 1 atom stereocenters. The summed E-state index contributed by atoms with van der Waals surface area (Å²) in [7, 11) is 2.06. The quantitative estimate of drug-likeness (QED) is 0.562. The molecule has 2 aliphatic heterocycles. The second kappa shape index (κ2) is 16.9. The van der Waals surface area contributed by atoms with Gasteiger partial charge in [-0.15, -0.1) is 0 Å². The van der Waals surface area contributed by atoms with Gasteiger partial charge in [-0.05, 0) is 51.7 Å². The van der Waals surface area contributed by atoms with Gasteiger partial charge in [0.15, 0.2) is 0 Å². The summed E-state index contributed by atoms with van der Waals surface area (Å²) >= 11 is 4.08. The van der Waals surface area contributed by atoms with Crippen molar-refractivity contribution in [2.75, 3.05) is 50.9 Å². The fraction of sp³-hybridized carbons (Fsp3) is 0.762. The van der Waals surface area contributed by atoms with Crippen molar-refractivity contribution in [3.05, 3.63) is 11.3 Å². The Bertz CT molecular complexity index is 631. The van der Waals surface area contributed by atoms with Crippen LogP contribution in [-0.4, -0.2) is 66.0 Å². The maximum absolute atomic E-state index is 9.89. The second-order valence-corrected chi connectivity index (χ2v) is 7.63. The van der Waals surface area contributed by atoms with Gasteiger partial charge >= 0.3 is 6.01 Å². The summed E-state index contributed by atoms with van der Waals surface area (Å²) in [5.74, 6) is 1.12. The molecule has 168 valence electrons. The maximum atomic E-state index is 9.89. The minimum atomic E-state index is -0.155. The number of rotatable bonds is 6. The summed E-state index contributed by atoms with van der Waals surface area (Å²) in [5, 5.41) is 22.0. The number of hydrogen-bond donors (Lipinski definition) is 2. The van der Waals surface area contributed by atoms with Crippen molar-refractivity contribution in [3.8, 4) is 12.1 Å². The number of fused-ring (bicyclic) bond motifs is 1. The van der Waals surface area contributed by atoms with E-state index in [1.165, 1.54) is 25.9 Å². The molecule has 3 heterocycles. The van der Waals surface area contributed by atoms with Crippen molar-refractivity contribution in [3.63, 3.8) is 0 Å². The van der Waals surface area contributed by atoms with Crippen molar-refractivity contribution in [1.29, 1.82) is 5.26 Å². The van der Waals surface area contributed by atoms with E-state index in [-0.39, 0.29) is 38.1 Å². The van der Waals surface area contributed by atoms with E-state index in [9.17, 15) is 5.11 Å². The number of aromatic nitrogens is 2. The fourth-order valence-electron chi connectivity index (χ4n) is 3.57. The Labute approximate surface area is 207 Å². The molecule has 9 heteroatoms. The topological polar surface area (TPSA) is 88.3 Å². The van der Waals surface area contributed by atoms with Crippen LogP contribution < -0.4 is 10.2 Å². The molecule has 0 aromatic carbocycles. The molecule has 0 bridgehead atoms. The average molecular weight is 513 g/mol. The Hall–Kier alpha value is -0.677. The number of nitrogens with one attached hydrogen (secondary N) is 1. The number of nitrogens with zero attached hydrogens (tertiary/aromatic N) is 5. The Balaban J connectivity index is 0.000000902. The Kier molecular flexibility index (Phi) is 16.6. The van der Waals surface area contributed by atoms with Gasteiger partial charge in [0.25, 0.3) is 0 Å². The zero-order valence-corrected chi connectivity index (χ0v) is 22.2. The van der Waals surface area contributed by atoms with Crippen LogP contribution in [0.3, 0.4) is 0 Å². The SMILES string of the molecule is C1CCNC1.CCCN(CC(C)CC#N)c1nc(O)nc2c1CCN(C)C2.C[S-].[Zr]. The Morgan fingerprint density at radius 1 is 1.30 bits per heavy atom. The van der Waals surface area contributed by atoms with E-state index in [4.69, 9.17) is 5.26 Å². The molecule has 2 N–H and O–H groups in total. The van der Waals surface area contributed by atoms with E-state index in [0.29, 0.717) is 6.42 Å². The second-order valence-electron chi connectivity index (χ2n) is 7.63. The molecule has 0 aliphatic carbocycles. The molecule has 0 radical (unpaired) electrons. The van der Waals surface area contributed by atoms with Gasteiger partial charge in [0, 0.05) is 64.4 Å². The van der Waals surface area contributed by atoms with Crippen LogP contribution in [0.2, 0.25) is 0 Å². The Morgan fingerprint density at radius 3 is 2.50 bits per heavy atom. The molecule has 0 saturated carbocycles. The number of anilines is 1. The molecule has 0 amide bonds. The smallest absolute Gasteiger partial charge is 0.316 e. The van der Waals surface area contributed by atoms with Gasteiger partial charge in [-0.3, -0.25) is 0 Å². The molecule has 1 fully saturated rings. The number of nitriles is 1. The predicted molar refractivity (Wildman–Crippen MR) is 121 cm³/mol. The first-order valence-corrected chi connectivity index (χ1v) is 11.4. The third-order valence-corrected chi connectivity index (χ3v) is 4.94. The van der Waals surface area contributed by atoms with Crippen molar-refractivity contribution < 1.29 is 31.3 Å². The number of aromatic hydroxyl groups is 1. The number of likely N-dealkylation sites (N-methyl/N-ethyl adjacent to an activating group) is 1. The third kappa shape index (κ3) is 10.1. The fourth-order valence-corrected chi connectivity index (χ4v) is 3.57. The molecule has 1 aromatic heterocycles. The van der Waals surface area contributed by atoms with Gasteiger partial charge in [0.2, 0.25) is 0 Å². The minimum Gasteiger partial charge on any atom is -0.796 e. The van der Waals surface area contributed by atoms with Crippen LogP contribution >= 0.6 is 0 Å². The van der Waals surface area contributed by atoms with Gasteiger partial charge < -0.3 is 32.9 Å². The molecular formula is C21H37N6OSZr-. The summed E-state index contributed by atoms with van der Waals surface area (Å²) in [4.78, 5) is 12.9. The predicted octanol–water partition coefficient (Wildman–Crippen LogP) is 2.47. The molecule has 2 aliphatic rings. The Morgan fingerprint density at radius 2 is 1.97 bits per heavy atom. The normalized spacial score (nSPS) is 15.9. The molecule has 7 nitrogen and oxygen atoms in total. The van der Waals surface area contributed by atoms with E-state index in [2.05, 4.69) is 64.7 Å². The first-order valence-electron chi connectivity index (χ1n) is 10.6. The van der Waals surface area contributed by atoms with Crippen molar-refractivity contribution in [2.24, 2.45) is 5.92 Å². The van der Waals surface area contributed by atoms with Crippen LogP contribution in [0.4, 0.5) is 5.82 Å². The van der Waals surface area contributed by atoms with E-state index in [1.807, 2.05) is 0 Å². The summed E-state index contributed by atoms with van der Waals surface area (Å²) < 4.78 is 0.